The van der Waals surface area contributed by atoms with Gasteiger partial charge < -0.3 is 19.9 Å². The van der Waals surface area contributed by atoms with Gasteiger partial charge in [-0.3, -0.25) is 9.59 Å². The first kappa shape index (κ1) is 20.6. The molecule has 2 N–H and O–H groups in total. The first-order valence-corrected chi connectivity index (χ1v) is 8.24. The van der Waals surface area contributed by atoms with E-state index in [0.29, 0.717) is 5.56 Å². The molecule has 1 atom stereocenters. The number of nitrogens with one attached hydrogen (secondary N) is 1. The van der Waals surface area contributed by atoms with E-state index >= 15 is 0 Å². The molecule has 1 saturated heterocycles. The summed E-state index contributed by atoms with van der Waals surface area (Å²) in [4.78, 5) is 22.2. The number of amidine groups is 1. The van der Waals surface area contributed by atoms with Crippen molar-refractivity contribution in [3.8, 4) is 11.5 Å². The van der Waals surface area contributed by atoms with Gasteiger partial charge in [-0.05, 0) is 23.8 Å². The summed E-state index contributed by atoms with van der Waals surface area (Å²) in [6, 6.07) is 4.16. The van der Waals surface area contributed by atoms with E-state index in [9.17, 15) is 22.8 Å². The molecule has 12 heteroatoms. The van der Waals surface area contributed by atoms with E-state index in [2.05, 4.69) is 20.3 Å². The van der Waals surface area contributed by atoms with Gasteiger partial charge in [0.15, 0.2) is 23.3 Å². The zero-order chi connectivity index (χ0) is 20.0. The highest BCUT2D eigenvalue weighted by Crippen LogP contribution is 2.29. The van der Waals surface area contributed by atoms with Crippen molar-refractivity contribution in [1.29, 1.82) is 0 Å². The van der Waals surface area contributed by atoms with Crippen molar-refractivity contribution in [3.63, 3.8) is 0 Å². The molecule has 0 aromatic heterocycles. The van der Waals surface area contributed by atoms with E-state index in [-0.39, 0.29) is 23.1 Å². The smallest absolute Gasteiger partial charge is 0.422 e. The van der Waals surface area contributed by atoms with Crippen molar-refractivity contribution >= 4 is 35.0 Å². The van der Waals surface area contributed by atoms with E-state index in [1.54, 1.807) is 0 Å². The van der Waals surface area contributed by atoms with Gasteiger partial charge >= 0.3 is 12.1 Å². The van der Waals surface area contributed by atoms with Crippen LogP contribution in [0.4, 0.5) is 13.2 Å². The van der Waals surface area contributed by atoms with Crippen LogP contribution in [0.25, 0.3) is 0 Å². The van der Waals surface area contributed by atoms with Crippen LogP contribution in [0.3, 0.4) is 0 Å². The number of benzene rings is 1. The Kier molecular flexibility index (Phi) is 6.66. The zero-order valence-electron chi connectivity index (χ0n) is 13.8. The normalized spacial score (nSPS) is 18.7. The maximum Gasteiger partial charge on any atom is 0.422 e. The highest BCUT2D eigenvalue weighted by atomic mass is 32.2. The second-order valence-electron chi connectivity index (χ2n) is 5.16. The first-order chi connectivity index (χ1) is 12.7. The number of aliphatic carboxylic acids is 1. The van der Waals surface area contributed by atoms with E-state index in [4.69, 9.17) is 9.84 Å². The fourth-order valence-corrected chi connectivity index (χ4v) is 2.85. The molecule has 1 amide bonds. The fourth-order valence-electron chi connectivity index (χ4n) is 1.94. The number of ether oxygens (including phenoxy) is 2. The first-order valence-electron chi connectivity index (χ1n) is 7.36. The van der Waals surface area contributed by atoms with E-state index in [1.807, 2.05) is 0 Å². The van der Waals surface area contributed by atoms with Crippen LogP contribution in [0.2, 0.25) is 0 Å². The Hall–Kier alpha value is -2.76. The van der Waals surface area contributed by atoms with E-state index < -0.39 is 29.9 Å². The fraction of sp³-hybridized carbons (Fsp3) is 0.333. The number of hydrogen-bond acceptors (Lipinski definition) is 7. The number of carboxylic acids is 1. The summed E-state index contributed by atoms with van der Waals surface area (Å²) in [5, 5.41) is 18.0. The Balaban J connectivity index is 2.02. The molecule has 1 aliphatic rings. The van der Waals surface area contributed by atoms with Crippen molar-refractivity contribution in [2.75, 3.05) is 13.7 Å². The third kappa shape index (κ3) is 6.47. The third-order valence-corrected chi connectivity index (χ3v) is 4.14. The number of nitrogens with zero attached hydrogens (tertiary/aromatic N) is 2. The quantitative estimate of drug-likeness (QED) is 0.531. The molecular weight excluding hydrogens is 391 g/mol. The molecule has 1 heterocycles. The summed E-state index contributed by atoms with van der Waals surface area (Å²) in [6.45, 7) is -1.45. The van der Waals surface area contributed by atoms with Crippen LogP contribution in [0, 0.1) is 0 Å². The van der Waals surface area contributed by atoms with Gasteiger partial charge in [0.05, 0.1) is 19.7 Å². The van der Waals surface area contributed by atoms with Crippen molar-refractivity contribution in [2.45, 2.75) is 17.8 Å². The zero-order valence-corrected chi connectivity index (χ0v) is 14.6. The summed E-state index contributed by atoms with van der Waals surface area (Å²) >= 11 is 0.945. The average molecular weight is 405 g/mol. The molecule has 0 radical (unpaired) electrons. The SMILES string of the molecule is COc1cc(C=NN=C2NC(=O)C(CC(=O)O)S2)ccc1OCC(F)(F)F. The monoisotopic (exact) mass is 405 g/mol. The number of alkyl halides is 3. The van der Waals surface area contributed by atoms with Gasteiger partial charge in [0.25, 0.3) is 0 Å². The molecule has 0 aliphatic carbocycles. The Morgan fingerprint density at radius 1 is 1.41 bits per heavy atom. The molecule has 1 fully saturated rings. The number of rotatable bonds is 7. The van der Waals surface area contributed by atoms with Crippen LogP contribution in [0.15, 0.2) is 28.4 Å². The van der Waals surface area contributed by atoms with Crippen molar-refractivity contribution < 1.29 is 37.3 Å². The number of carboxylic acid groups (broad SMARTS) is 1. The highest BCUT2D eigenvalue weighted by Gasteiger charge is 2.32. The summed E-state index contributed by atoms with van der Waals surface area (Å²) in [6.07, 6.45) is -3.51. The van der Waals surface area contributed by atoms with Gasteiger partial charge in [0, 0.05) is 0 Å². The predicted octanol–water partition coefficient (Wildman–Crippen LogP) is 2.03. The number of carbonyl (C=O) groups is 2. The summed E-state index contributed by atoms with van der Waals surface area (Å²) in [7, 11) is 1.28. The lowest BCUT2D eigenvalue weighted by molar-refractivity contribution is -0.153. The number of amides is 1. The molecule has 8 nitrogen and oxygen atoms in total. The van der Waals surface area contributed by atoms with Gasteiger partial charge in [0.2, 0.25) is 5.91 Å². The summed E-state index contributed by atoms with van der Waals surface area (Å²) < 4.78 is 46.3. The van der Waals surface area contributed by atoms with Crippen LogP contribution in [-0.2, 0) is 9.59 Å². The highest BCUT2D eigenvalue weighted by molar-refractivity contribution is 8.15. The molecule has 146 valence electrons. The van der Waals surface area contributed by atoms with Crippen LogP contribution < -0.4 is 14.8 Å². The van der Waals surface area contributed by atoms with Gasteiger partial charge in [0.1, 0.15) is 5.25 Å². The largest absolute Gasteiger partial charge is 0.493 e. The molecule has 1 aromatic carbocycles. The van der Waals surface area contributed by atoms with Gasteiger partial charge in [-0.15, -0.1) is 5.10 Å². The molecule has 1 unspecified atom stereocenters. The van der Waals surface area contributed by atoms with E-state index in [1.165, 1.54) is 31.5 Å². The van der Waals surface area contributed by atoms with Gasteiger partial charge in [-0.1, -0.05) is 11.8 Å². The van der Waals surface area contributed by atoms with Crippen LogP contribution >= 0.6 is 11.8 Å². The molecule has 1 aromatic rings. The number of thioether (sulfide) groups is 1. The average Bonchev–Trinajstić information content (AvgIpc) is 2.91. The Morgan fingerprint density at radius 2 is 2.15 bits per heavy atom. The summed E-state index contributed by atoms with van der Waals surface area (Å²) in [5.41, 5.74) is 0.465. The van der Waals surface area contributed by atoms with Gasteiger partial charge in [-0.2, -0.15) is 18.3 Å². The molecule has 0 spiro atoms. The second kappa shape index (κ2) is 8.75. The minimum Gasteiger partial charge on any atom is -0.493 e. The van der Waals surface area contributed by atoms with Crippen molar-refractivity contribution in [3.05, 3.63) is 23.8 Å². The standard InChI is InChI=1S/C15H14F3N3O5S/c1-25-10-4-8(2-3-9(10)26-7-15(16,17)18)6-19-21-14-20-13(24)11(27-14)5-12(22)23/h2-4,6,11H,5,7H2,1H3,(H,22,23)(H,20,21,24). The number of hydrogen-bond donors (Lipinski definition) is 2. The third-order valence-electron chi connectivity index (χ3n) is 3.07. The number of methoxy groups -OCH3 is 1. The molecule has 0 saturated carbocycles. The maximum atomic E-state index is 12.2. The lowest BCUT2D eigenvalue weighted by Crippen LogP contribution is -2.26. The molecule has 2 rings (SSSR count). The van der Waals surface area contributed by atoms with Crippen molar-refractivity contribution in [2.24, 2.45) is 10.2 Å². The Labute approximate surface area is 155 Å². The molecule has 0 bridgehead atoms. The predicted molar refractivity (Wildman–Crippen MR) is 91.3 cm³/mol. The maximum absolute atomic E-state index is 12.2. The minimum absolute atomic E-state index is 0.0755. The minimum atomic E-state index is -4.47. The summed E-state index contributed by atoms with van der Waals surface area (Å²) in [5.74, 6) is -1.56. The topological polar surface area (TPSA) is 110 Å². The van der Waals surface area contributed by atoms with Crippen LogP contribution in [0.5, 0.6) is 11.5 Å². The molecular formula is C15H14F3N3O5S. The van der Waals surface area contributed by atoms with Crippen LogP contribution in [0.1, 0.15) is 12.0 Å². The number of halogens is 3. The Bertz CT molecular complexity index is 782. The Morgan fingerprint density at radius 3 is 2.78 bits per heavy atom. The lowest BCUT2D eigenvalue weighted by atomic mass is 10.2. The number of carbonyl (C=O) groups excluding carboxylic acids is 1. The molecule has 27 heavy (non-hydrogen) atoms. The van der Waals surface area contributed by atoms with Gasteiger partial charge in [-0.25, -0.2) is 0 Å². The lowest BCUT2D eigenvalue weighted by Gasteiger charge is -2.12. The van der Waals surface area contributed by atoms with E-state index in [0.717, 1.165) is 11.8 Å². The van der Waals surface area contributed by atoms with Crippen LogP contribution in [-0.4, -0.2) is 53.5 Å². The van der Waals surface area contributed by atoms with Crippen molar-refractivity contribution in [1.82, 2.24) is 5.32 Å². The second-order valence-corrected chi connectivity index (χ2v) is 6.35. The molecule has 1 aliphatic heterocycles.